The maximum Gasteiger partial charge on any atom is 0.224 e. The largest absolute Gasteiger partial charge is 0.489 e. The highest BCUT2D eigenvalue weighted by Gasteiger charge is 2.38. The molecule has 1 aliphatic carbocycles. The van der Waals surface area contributed by atoms with E-state index in [2.05, 4.69) is 18.8 Å². The highest BCUT2D eigenvalue weighted by molar-refractivity contribution is 5.80. The summed E-state index contributed by atoms with van der Waals surface area (Å²) in [5.41, 5.74) is 2.98. The molecule has 3 nitrogen and oxygen atoms in total. The molecule has 1 fully saturated rings. The maximum absolute atomic E-state index is 12.3. The lowest BCUT2D eigenvalue weighted by molar-refractivity contribution is -0.121. The average Bonchev–Trinajstić information content (AvgIpc) is 3.31. The highest BCUT2D eigenvalue weighted by atomic mass is 16.5. The van der Waals surface area contributed by atoms with Crippen LogP contribution in [-0.4, -0.2) is 11.4 Å². The Hall–Kier alpha value is -2.55. The van der Waals surface area contributed by atoms with E-state index in [0.29, 0.717) is 13.0 Å². The molecule has 0 spiro atoms. The van der Waals surface area contributed by atoms with E-state index in [1.807, 2.05) is 48.5 Å². The van der Waals surface area contributed by atoms with Crippen LogP contribution in [0.4, 0.5) is 0 Å². The van der Waals surface area contributed by atoms with E-state index < -0.39 is 0 Å². The Morgan fingerprint density at radius 2 is 2.00 bits per heavy atom. The molecular formula is C21H23NO2. The maximum atomic E-state index is 12.3. The molecule has 3 heteroatoms. The third-order valence-electron chi connectivity index (χ3n) is 4.35. The summed E-state index contributed by atoms with van der Waals surface area (Å²) in [5, 5.41) is 3.10. The molecule has 0 aromatic heterocycles. The summed E-state index contributed by atoms with van der Waals surface area (Å²) in [6.45, 7) is 6.37. The highest BCUT2D eigenvalue weighted by Crippen LogP contribution is 2.34. The molecule has 3 rings (SSSR count). The summed E-state index contributed by atoms with van der Waals surface area (Å²) in [5.74, 6) is 0.793. The molecule has 0 saturated heterocycles. The van der Waals surface area contributed by atoms with Crippen LogP contribution in [0, 0.1) is 0 Å². The summed E-state index contributed by atoms with van der Waals surface area (Å²) < 4.78 is 5.96. The van der Waals surface area contributed by atoms with Crippen LogP contribution in [0.1, 0.15) is 36.5 Å². The van der Waals surface area contributed by atoms with Gasteiger partial charge in [0.15, 0.2) is 0 Å². The minimum absolute atomic E-state index is 0.00180. The first-order valence-electron chi connectivity index (χ1n) is 8.31. The number of carbonyl (C=O) groups is 1. The van der Waals surface area contributed by atoms with Crippen LogP contribution in [-0.2, 0) is 17.8 Å². The van der Waals surface area contributed by atoms with Crippen molar-refractivity contribution in [3.05, 3.63) is 71.8 Å². The molecule has 0 radical (unpaired) electrons. The van der Waals surface area contributed by atoms with Crippen molar-refractivity contribution in [2.75, 3.05) is 0 Å². The topological polar surface area (TPSA) is 38.3 Å². The summed E-state index contributed by atoms with van der Waals surface area (Å²) >= 11 is 0. The predicted molar refractivity (Wildman–Crippen MR) is 96.8 cm³/mol. The molecule has 2 aromatic rings. The first-order chi connectivity index (χ1) is 11.6. The van der Waals surface area contributed by atoms with Gasteiger partial charge < -0.3 is 10.1 Å². The second-order valence-corrected chi connectivity index (χ2v) is 6.63. The number of hydrogen-bond acceptors (Lipinski definition) is 2. The predicted octanol–water partition coefficient (Wildman–Crippen LogP) is 4.12. The van der Waals surface area contributed by atoms with Gasteiger partial charge in [0.2, 0.25) is 5.91 Å². The molecule has 0 atom stereocenters. The summed E-state index contributed by atoms with van der Waals surface area (Å²) in [6, 6.07) is 15.9. The van der Waals surface area contributed by atoms with E-state index in [-0.39, 0.29) is 11.4 Å². The molecule has 1 amide bonds. The van der Waals surface area contributed by atoms with Crippen LogP contribution in [0.3, 0.4) is 0 Å². The number of rotatable bonds is 7. The van der Waals surface area contributed by atoms with Gasteiger partial charge in [-0.15, -0.1) is 0 Å². The lowest BCUT2D eigenvalue weighted by Gasteiger charge is -2.15. The molecule has 0 bridgehead atoms. The van der Waals surface area contributed by atoms with E-state index in [1.54, 1.807) is 6.08 Å². The Morgan fingerprint density at radius 3 is 2.67 bits per heavy atom. The Kier molecular flexibility index (Phi) is 4.70. The lowest BCUT2D eigenvalue weighted by Crippen LogP contribution is -2.35. The third kappa shape index (κ3) is 4.25. The molecular weight excluding hydrogens is 298 g/mol. The van der Waals surface area contributed by atoms with Crippen molar-refractivity contribution in [1.82, 2.24) is 5.32 Å². The van der Waals surface area contributed by atoms with Crippen molar-refractivity contribution in [3.8, 4) is 5.75 Å². The normalized spacial score (nSPS) is 14.7. The Balaban J connectivity index is 1.72. The summed E-state index contributed by atoms with van der Waals surface area (Å²) in [7, 11) is 0. The van der Waals surface area contributed by atoms with Crippen molar-refractivity contribution in [3.63, 3.8) is 0 Å². The molecule has 1 saturated carbocycles. The first kappa shape index (κ1) is 16.3. The fraction of sp³-hybridized carbons (Fsp3) is 0.286. The van der Waals surface area contributed by atoms with Crippen molar-refractivity contribution < 1.29 is 9.53 Å². The zero-order valence-electron chi connectivity index (χ0n) is 14.0. The van der Waals surface area contributed by atoms with Crippen molar-refractivity contribution >= 4 is 12.0 Å². The Morgan fingerprint density at radius 1 is 1.25 bits per heavy atom. The SMILES string of the molecule is C=Cc1ccc(OCc2ccccc2)c(CC(=O)NC2(C)CC2)c1. The summed E-state index contributed by atoms with van der Waals surface area (Å²) in [4.78, 5) is 12.3. The zero-order chi connectivity index (χ0) is 17.0. The summed E-state index contributed by atoms with van der Waals surface area (Å²) in [6.07, 6.45) is 4.22. The van der Waals surface area contributed by atoms with Crippen molar-refractivity contribution in [2.24, 2.45) is 0 Å². The second kappa shape index (κ2) is 6.91. The smallest absolute Gasteiger partial charge is 0.224 e. The van der Waals surface area contributed by atoms with Crippen LogP contribution < -0.4 is 10.1 Å². The van der Waals surface area contributed by atoms with Gasteiger partial charge in [0, 0.05) is 11.1 Å². The van der Waals surface area contributed by atoms with Gasteiger partial charge in [0.05, 0.1) is 6.42 Å². The Labute approximate surface area is 143 Å². The van der Waals surface area contributed by atoms with Gasteiger partial charge in [-0.2, -0.15) is 0 Å². The second-order valence-electron chi connectivity index (χ2n) is 6.63. The minimum atomic E-state index is -0.00180. The number of ether oxygens (including phenoxy) is 1. The molecule has 0 heterocycles. The first-order valence-corrected chi connectivity index (χ1v) is 8.31. The van der Waals surface area contributed by atoms with Gasteiger partial charge in [-0.1, -0.05) is 49.1 Å². The van der Waals surface area contributed by atoms with E-state index in [4.69, 9.17) is 4.74 Å². The molecule has 0 unspecified atom stereocenters. The van der Waals surface area contributed by atoms with Crippen LogP contribution in [0.5, 0.6) is 5.75 Å². The van der Waals surface area contributed by atoms with Gasteiger partial charge in [-0.05, 0) is 43.0 Å². The fourth-order valence-electron chi connectivity index (χ4n) is 2.61. The van der Waals surface area contributed by atoms with Crippen LogP contribution in [0.15, 0.2) is 55.1 Å². The number of carbonyl (C=O) groups excluding carboxylic acids is 1. The van der Waals surface area contributed by atoms with Gasteiger partial charge in [-0.25, -0.2) is 0 Å². The van der Waals surface area contributed by atoms with Gasteiger partial charge >= 0.3 is 0 Å². The Bertz CT molecular complexity index is 733. The van der Waals surface area contributed by atoms with Crippen molar-refractivity contribution in [1.29, 1.82) is 0 Å². The molecule has 0 aliphatic heterocycles. The van der Waals surface area contributed by atoms with E-state index in [1.165, 1.54) is 0 Å². The van der Waals surface area contributed by atoms with Gasteiger partial charge in [0.1, 0.15) is 12.4 Å². The molecule has 1 N–H and O–H groups in total. The number of amides is 1. The fourth-order valence-corrected chi connectivity index (χ4v) is 2.61. The molecule has 1 aliphatic rings. The van der Waals surface area contributed by atoms with Crippen LogP contribution in [0.25, 0.3) is 6.08 Å². The average molecular weight is 321 g/mol. The van der Waals surface area contributed by atoms with Gasteiger partial charge in [-0.3, -0.25) is 4.79 Å². The third-order valence-corrected chi connectivity index (χ3v) is 4.35. The van der Waals surface area contributed by atoms with E-state index >= 15 is 0 Å². The lowest BCUT2D eigenvalue weighted by atomic mass is 10.1. The molecule has 124 valence electrons. The van der Waals surface area contributed by atoms with Crippen LogP contribution in [0.2, 0.25) is 0 Å². The quantitative estimate of drug-likeness (QED) is 0.833. The molecule has 2 aromatic carbocycles. The minimum Gasteiger partial charge on any atom is -0.489 e. The van der Waals surface area contributed by atoms with Crippen molar-refractivity contribution in [2.45, 2.75) is 38.3 Å². The number of benzene rings is 2. The standard InChI is InChI=1S/C21H23NO2/c1-3-16-9-10-19(24-15-17-7-5-4-6-8-17)18(13-16)14-20(23)22-21(2)11-12-21/h3-10,13H,1,11-12,14-15H2,2H3,(H,22,23). The monoisotopic (exact) mass is 321 g/mol. The van der Waals surface area contributed by atoms with E-state index in [0.717, 1.165) is 35.3 Å². The van der Waals surface area contributed by atoms with E-state index in [9.17, 15) is 4.79 Å². The zero-order valence-corrected chi connectivity index (χ0v) is 14.0. The number of nitrogens with one attached hydrogen (secondary N) is 1. The number of hydrogen-bond donors (Lipinski definition) is 1. The molecule has 24 heavy (non-hydrogen) atoms. The van der Waals surface area contributed by atoms with Crippen LogP contribution >= 0.6 is 0 Å². The van der Waals surface area contributed by atoms with Gasteiger partial charge in [0.25, 0.3) is 0 Å².